The molecule has 2 aromatic rings. The Morgan fingerprint density at radius 2 is 2.00 bits per heavy atom. The van der Waals surface area contributed by atoms with E-state index in [0.717, 1.165) is 12.8 Å². The van der Waals surface area contributed by atoms with Crippen molar-refractivity contribution in [2.45, 2.75) is 32.7 Å². The van der Waals surface area contributed by atoms with Crippen LogP contribution in [0.2, 0.25) is 0 Å². The molecule has 0 aliphatic carbocycles. The lowest BCUT2D eigenvalue weighted by molar-refractivity contribution is 0.0685. The van der Waals surface area contributed by atoms with Gasteiger partial charge in [-0.15, -0.1) is 0 Å². The second-order valence-electron chi connectivity index (χ2n) is 6.18. The van der Waals surface area contributed by atoms with Crippen molar-refractivity contribution >= 4 is 11.9 Å². The standard InChI is InChI=1S/C19H20N2O3/c1-12-5-3-6-15(13(12)2)17-7-4-10-21(17)18(22)14-8-9-16(19(23)24)20-11-14/h3,5-6,8-9,11,17H,4,7,10H2,1-2H3,(H,23,24). The molecule has 1 N–H and O–H groups in total. The summed E-state index contributed by atoms with van der Waals surface area (Å²) in [5.41, 5.74) is 4.01. The summed E-state index contributed by atoms with van der Waals surface area (Å²) in [6.07, 6.45) is 3.26. The molecular weight excluding hydrogens is 304 g/mol. The molecule has 5 heteroatoms. The van der Waals surface area contributed by atoms with Crippen LogP contribution in [0.3, 0.4) is 0 Å². The zero-order valence-electron chi connectivity index (χ0n) is 13.8. The van der Waals surface area contributed by atoms with Crippen LogP contribution in [0.5, 0.6) is 0 Å². The van der Waals surface area contributed by atoms with Crippen LogP contribution in [0.25, 0.3) is 0 Å². The first-order chi connectivity index (χ1) is 11.5. The van der Waals surface area contributed by atoms with Gasteiger partial charge in [-0.2, -0.15) is 0 Å². The Hall–Kier alpha value is -2.69. The van der Waals surface area contributed by atoms with E-state index >= 15 is 0 Å². The highest BCUT2D eigenvalue weighted by atomic mass is 16.4. The Kier molecular flexibility index (Phi) is 4.34. The number of hydrogen-bond acceptors (Lipinski definition) is 3. The van der Waals surface area contributed by atoms with Gasteiger partial charge in [-0.1, -0.05) is 18.2 Å². The van der Waals surface area contributed by atoms with E-state index in [1.54, 1.807) is 0 Å². The molecule has 1 saturated heterocycles. The topological polar surface area (TPSA) is 70.5 Å². The first-order valence-electron chi connectivity index (χ1n) is 8.05. The molecule has 2 heterocycles. The van der Waals surface area contributed by atoms with Crippen molar-refractivity contribution in [3.63, 3.8) is 0 Å². The fraction of sp³-hybridized carbons (Fsp3) is 0.316. The van der Waals surface area contributed by atoms with Crippen molar-refractivity contribution in [3.8, 4) is 0 Å². The molecule has 5 nitrogen and oxygen atoms in total. The van der Waals surface area contributed by atoms with Crippen molar-refractivity contribution in [2.75, 3.05) is 6.54 Å². The Bertz CT molecular complexity index is 784. The first kappa shape index (κ1) is 16.2. The van der Waals surface area contributed by atoms with Gasteiger partial charge < -0.3 is 10.0 Å². The van der Waals surface area contributed by atoms with E-state index in [0.29, 0.717) is 12.1 Å². The zero-order valence-corrected chi connectivity index (χ0v) is 13.8. The number of aromatic carboxylic acids is 1. The van der Waals surface area contributed by atoms with Gasteiger partial charge in [-0.05, 0) is 55.5 Å². The van der Waals surface area contributed by atoms with Crippen LogP contribution in [0, 0.1) is 13.8 Å². The van der Waals surface area contributed by atoms with Crippen molar-refractivity contribution in [1.29, 1.82) is 0 Å². The van der Waals surface area contributed by atoms with Gasteiger partial charge in [0.05, 0.1) is 11.6 Å². The van der Waals surface area contributed by atoms with Crippen molar-refractivity contribution in [3.05, 3.63) is 64.5 Å². The van der Waals surface area contributed by atoms with Crippen molar-refractivity contribution < 1.29 is 14.7 Å². The number of amides is 1. The van der Waals surface area contributed by atoms with Crippen molar-refractivity contribution in [2.24, 2.45) is 0 Å². The normalized spacial score (nSPS) is 17.1. The summed E-state index contributed by atoms with van der Waals surface area (Å²) >= 11 is 0. The molecule has 1 atom stereocenters. The van der Waals surface area contributed by atoms with E-state index in [4.69, 9.17) is 5.11 Å². The number of carbonyl (C=O) groups excluding carboxylic acids is 1. The number of carboxylic acid groups (broad SMARTS) is 1. The summed E-state index contributed by atoms with van der Waals surface area (Å²) in [7, 11) is 0. The molecule has 1 aliphatic rings. The maximum atomic E-state index is 12.8. The smallest absolute Gasteiger partial charge is 0.354 e. The Morgan fingerprint density at radius 3 is 2.67 bits per heavy atom. The lowest BCUT2D eigenvalue weighted by atomic mass is 9.96. The third kappa shape index (κ3) is 2.89. The Morgan fingerprint density at radius 1 is 1.21 bits per heavy atom. The van der Waals surface area contributed by atoms with Gasteiger partial charge in [-0.3, -0.25) is 4.79 Å². The van der Waals surface area contributed by atoms with Gasteiger partial charge in [0.1, 0.15) is 5.69 Å². The van der Waals surface area contributed by atoms with Crippen LogP contribution in [0.15, 0.2) is 36.5 Å². The number of carbonyl (C=O) groups is 2. The fourth-order valence-electron chi connectivity index (χ4n) is 3.28. The molecule has 1 amide bonds. The summed E-state index contributed by atoms with van der Waals surface area (Å²) in [5, 5.41) is 8.92. The van der Waals surface area contributed by atoms with Gasteiger partial charge >= 0.3 is 5.97 Å². The predicted octanol–water partition coefficient (Wildman–Crippen LogP) is 3.37. The lowest BCUT2D eigenvalue weighted by Crippen LogP contribution is -2.31. The molecule has 24 heavy (non-hydrogen) atoms. The van der Waals surface area contributed by atoms with Gasteiger partial charge in [0.2, 0.25) is 0 Å². The number of pyridine rings is 1. The maximum absolute atomic E-state index is 12.8. The molecule has 0 radical (unpaired) electrons. The minimum absolute atomic E-state index is 0.0564. The largest absolute Gasteiger partial charge is 0.477 e. The second-order valence-corrected chi connectivity index (χ2v) is 6.18. The predicted molar refractivity (Wildman–Crippen MR) is 90.1 cm³/mol. The van der Waals surface area contributed by atoms with Crippen LogP contribution < -0.4 is 0 Å². The molecule has 0 bridgehead atoms. The zero-order chi connectivity index (χ0) is 17.3. The molecular formula is C19H20N2O3. The third-order valence-electron chi connectivity index (χ3n) is 4.75. The molecule has 1 unspecified atom stereocenters. The van der Waals surface area contributed by atoms with E-state index in [1.807, 2.05) is 11.0 Å². The summed E-state index contributed by atoms with van der Waals surface area (Å²) in [6, 6.07) is 9.17. The third-order valence-corrected chi connectivity index (χ3v) is 4.75. The second kappa shape index (κ2) is 6.43. The SMILES string of the molecule is Cc1cccc(C2CCCN2C(=O)c2ccc(C(=O)O)nc2)c1C. The fourth-order valence-corrected chi connectivity index (χ4v) is 3.28. The number of aryl methyl sites for hydroxylation is 1. The summed E-state index contributed by atoms with van der Waals surface area (Å²) < 4.78 is 0. The van der Waals surface area contributed by atoms with Crippen molar-refractivity contribution in [1.82, 2.24) is 9.88 Å². The minimum Gasteiger partial charge on any atom is -0.477 e. The van der Waals surface area contributed by atoms with Crippen LogP contribution in [0.4, 0.5) is 0 Å². The van der Waals surface area contributed by atoms with Gasteiger partial charge in [0, 0.05) is 12.7 Å². The highest BCUT2D eigenvalue weighted by molar-refractivity contribution is 5.95. The lowest BCUT2D eigenvalue weighted by Gasteiger charge is -2.27. The van der Waals surface area contributed by atoms with Crippen LogP contribution in [0.1, 0.15) is 56.4 Å². The number of aromatic nitrogens is 1. The number of rotatable bonds is 3. The van der Waals surface area contributed by atoms with E-state index in [9.17, 15) is 9.59 Å². The van der Waals surface area contributed by atoms with E-state index in [1.165, 1.54) is 35.0 Å². The van der Waals surface area contributed by atoms with E-state index in [2.05, 4.69) is 31.0 Å². The highest BCUT2D eigenvalue weighted by Crippen LogP contribution is 2.35. The monoisotopic (exact) mass is 324 g/mol. The summed E-state index contributed by atoms with van der Waals surface area (Å²) in [4.78, 5) is 29.5. The molecule has 3 rings (SSSR count). The molecule has 1 aliphatic heterocycles. The minimum atomic E-state index is -1.09. The average Bonchev–Trinajstić information content (AvgIpc) is 3.06. The van der Waals surface area contributed by atoms with Crippen LogP contribution in [-0.2, 0) is 0 Å². The number of carboxylic acids is 1. The van der Waals surface area contributed by atoms with Gasteiger partial charge in [0.25, 0.3) is 5.91 Å². The molecule has 0 spiro atoms. The molecule has 1 fully saturated rings. The van der Waals surface area contributed by atoms with E-state index in [-0.39, 0.29) is 17.6 Å². The average molecular weight is 324 g/mol. The van der Waals surface area contributed by atoms with Gasteiger partial charge in [0.15, 0.2) is 0 Å². The quantitative estimate of drug-likeness (QED) is 0.939. The molecule has 1 aromatic carbocycles. The summed E-state index contributed by atoms with van der Waals surface area (Å²) in [5.74, 6) is -1.19. The Labute approximate surface area is 140 Å². The number of benzene rings is 1. The van der Waals surface area contributed by atoms with Gasteiger partial charge in [-0.25, -0.2) is 9.78 Å². The number of hydrogen-bond donors (Lipinski definition) is 1. The highest BCUT2D eigenvalue weighted by Gasteiger charge is 2.31. The molecule has 124 valence electrons. The van der Waals surface area contributed by atoms with Crippen LogP contribution in [-0.4, -0.2) is 33.4 Å². The van der Waals surface area contributed by atoms with E-state index < -0.39 is 5.97 Å². The molecule has 1 aromatic heterocycles. The molecule has 0 saturated carbocycles. The maximum Gasteiger partial charge on any atom is 0.354 e. The Balaban J connectivity index is 1.88. The first-order valence-corrected chi connectivity index (χ1v) is 8.05. The summed E-state index contributed by atoms with van der Waals surface area (Å²) in [6.45, 7) is 4.88. The number of likely N-dealkylation sites (tertiary alicyclic amines) is 1. The number of nitrogens with zero attached hydrogens (tertiary/aromatic N) is 2. The van der Waals surface area contributed by atoms with Crippen LogP contribution >= 0.6 is 0 Å².